The fourth-order valence-corrected chi connectivity index (χ4v) is 7.20. The smallest absolute Gasteiger partial charge is 0.331 e. The minimum Gasteiger partial charge on any atom is -0.454 e. The minimum absolute atomic E-state index is 0.0749. The van der Waals surface area contributed by atoms with E-state index in [1.165, 1.54) is 6.08 Å². The number of amides is 1. The van der Waals surface area contributed by atoms with Crippen LogP contribution in [0.5, 0.6) is 0 Å². The number of carbonyl (C=O) groups is 4. The molecule has 0 saturated heterocycles. The maximum atomic E-state index is 13.1. The number of ketones is 2. The van der Waals surface area contributed by atoms with E-state index in [1.807, 2.05) is 78.2 Å². The normalized spacial score (nSPS) is 21.0. The minimum atomic E-state index is -0.716. The first kappa shape index (κ1) is 40.4. The van der Waals surface area contributed by atoms with Crippen LogP contribution in [-0.2, 0) is 23.9 Å². The molecule has 0 bridgehead atoms. The monoisotopic (exact) mass is 657 g/mol. The summed E-state index contributed by atoms with van der Waals surface area (Å²) >= 11 is 0. The Bertz CT molecular complexity index is 1220. The molecule has 0 saturated carbocycles. The first-order chi connectivity index (χ1) is 20.9. The molecule has 6 nitrogen and oxygen atoms in total. The standard InChI is InChI=1S/C37H55NO5S2/c1-24(19-26(3)15-17-32-28(5)16-18-34(40)43-32)13-12-14-25(2)20-29(6)35(41)31(8)36(42)30(7)21-27(4)22-33(39)38-23-37(9,10)45-44-11/h12,14-20,22,24,28-32H,13,21,23H2,1-11H3,(H,38,39)/b14-12+,17-15+,25-20+,26-19-,27-22+/t24?,28?,29-,30?,31-,32+/m1/s1. The van der Waals surface area contributed by atoms with Gasteiger partial charge in [-0.25, -0.2) is 4.79 Å². The lowest BCUT2D eigenvalue weighted by Gasteiger charge is -2.22. The maximum absolute atomic E-state index is 13.1. The second kappa shape index (κ2) is 19.8. The molecule has 0 spiro atoms. The molecular formula is C37H55NO5S2. The topological polar surface area (TPSA) is 89.5 Å². The Labute approximate surface area is 280 Å². The molecule has 0 radical (unpaired) electrons. The molecule has 3 unspecified atom stereocenters. The van der Waals surface area contributed by atoms with E-state index >= 15 is 0 Å². The van der Waals surface area contributed by atoms with Crippen LogP contribution in [-0.4, -0.2) is 47.1 Å². The highest BCUT2D eigenvalue weighted by Crippen LogP contribution is 2.32. The zero-order valence-corrected chi connectivity index (χ0v) is 30.8. The van der Waals surface area contributed by atoms with Crippen LogP contribution in [0.25, 0.3) is 0 Å². The molecule has 0 aliphatic carbocycles. The van der Waals surface area contributed by atoms with E-state index in [1.54, 1.807) is 34.6 Å². The molecule has 0 fully saturated rings. The van der Waals surface area contributed by atoms with Crippen molar-refractivity contribution in [2.75, 3.05) is 12.8 Å². The Kier molecular flexibility index (Phi) is 17.8. The van der Waals surface area contributed by atoms with Crippen LogP contribution in [0.15, 0.2) is 71.4 Å². The van der Waals surface area contributed by atoms with E-state index < -0.39 is 5.92 Å². The molecule has 45 heavy (non-hydrogen) atoms. The van der Waals surface area contributed by atoms with Gasteiger partial charge in [0.1, 0.15) is 17.7 Å². The van der Waals surface area contributed by atoms with Gasteiger partial charge in [0, 0.05) is 41.2 Å². The third kappa shape index (κ3) is 16.0. The van der Waals surface area contributed by atoms with Gasteiger partial charge in [-0.1, -0.05) is 102 Å². The van der Waals surface area contributed by atoms with Crippen molar-refractivity contribution in [3.05, 3.63) is 71.4 Å². The third-order valence-electron chi connectivity index (χ3n) is 7.59. The third-order valence-corrected chi connectivity index (χ3v) is 10.2. The lowest BCUT2D eigenvalue weighted by molar-refractivity contribution is -0.143. The molecule has 8 heteroatoms. The van der Waals surface area contributed by atoms with Crippen molar-refractivity contribution < 1.29 is 23.9 Å². The maximum Gasteiger partial charge on any atom is 0.331 e. The largest absolute Gasteiger partial charge is 0.454 e. The number of esters is 1. The Morgan fingerprint density at radius 1 is 1.02 bits per heavy atom. The molecule has 0 aromatic carbocycles. The Morgan fingerprint density at radius 3 is 2.31 bits per heavy atom. The Morgan fingerprint density at radius 2 is 1.67 bits per heavy atom. The van der Waals surface area contributed by atoms with Gasteiger partial charge in [-0.2, -0.15) is 0 Å². The van der Waals surface area contributed by atoms with E-state index in [9.17, 15) is 19.2 Å². The van der Waals surface area contributed by atoms with E-state index in [0.717, 1.165) is 23.1 Å². The van der Waals surface area contributed by atoms with Crippen molar-refractivity contribution in [1.82, 2.24) is 5.32 Å². The molecular weight excluding hydrogens is 603 g/mol. The molecule has 250 valence electrons. The summed E-state index contributed by atoms with van der Waals surface area (Å²) in [6, 6.07) is 0. The summed E-state index contributed by atoms with van der Waals surface area (Å²) < 4.78 is 5.29. The van der Waals surface area contributed by atoms with Gasteiger partial charge in [0.2, 0.25) is 5.91 Å². The average molecular weight is 658 g/mol. The van der Waals surface area contributed by atoms with Crippen LogP contribution in [0.1, 0.15) is 82.1 Å². The second-order valence-electron chi connectivity index (χ2n) is 13.1. The number of ether oxygens (including phenoxy) is 1. The van der Waals surface area contributed by atoms with Crippen molar-refractivity contribution in [3.8, 4) is 0 Å². The summed E-state index contributed by atoms with van der Waals surface area (Å²) in [5, 5.41) is 2.94. The fraction of sp³-hybridized carbons (Fsp3) is 0.568. The Hall–Kier alpha value is -2.58. The molecule has 1 rings (SSSR count). The van der Waals surface area contributed by atoms with E-state index in [2.05, 4.69) is 38.2 Å². The van der Waals surface area contributed by atoms with Gasteiger partial charge in [-0.3, -0.25) is 14.4 Å². The molecule has 0 aromatic heterocycles. The number of Topliss-reactive ketones (excluding diaryl/α,β-unsaturated/α-hetero) is 2. The Balaban J connectivity index is 2.63. The molecule has 6 atom stereocenters. The van der Waals surface area contributed by atoms with Crippen molar-refractivity contribution in [3.63, 3.8) is 0 Å². The summed E-state index contributed by atoms with van der Waals surface area (Å²) in [6.45, 7) is 20.1. The lowest BCUT2D eigenvalue weighted by atomic mass is 9.84. The molecule has 1 aliphatic rings. The van der Waals surface area contributed by atoms with Crippen molar-refractivity contribution in [2.45, 2.75) is 92.9 Å². The number of nitrogens with one attached hydrogen (secondary N) is 1. The van der Waals surface area contributed by atoms with Gasteiger partial charge in [0.05, 0.1) is 5.92 Å². The van der Waals surface area contributed by atoms with Gasteiger partial charge in [-0.05, 0) is 72.6 Å². The van der Waals surface area contributed by atoms with Crippen LogP contribution in [0, 0.1) is 29.6 Å². The molecule has 0 aromatic rings. The zero-order chi connectivity index (χ0) is 34.3. The number of cyclic esters (lactones) is 1. The first-order valence-corrected chi connectivity index (χ1v) is 18.4. The summed E-state index contributed by atoms with van der Waals surface area (Å²) in [5.41, 5.74) is 2.89. The van der Waals surface area contributed by atoms with Crippen LogP contribution in [0.3, 0.4) is 0 Å². The van der Waals surface area contributed by atoms with Crippen LogP contribution < -0.4 is 5.32 Å². The van der Waals surface area contributed by atoms with Gasteiger partial charge in [0.15, 0.2) is 0 Å². The van der Waals surface area contributed by atoms with E-state index in [0.29, 0.717) is 18.9 Å². The number of allylic oxidation sites excluding steroid dienone is 8. The molecule has 1 heterocycles. The number of rotatable bonds is 18. The predicted octanol–water partition coefficient (Wildman–Crippen LogP) is 8.42. The van der Waals surface area contributed by atoms with E-state index in [-0.39, 0.29) is 52.0 Å². The number of hydrogen-bond donors (Lipinski definition) is 1. The van der Waals surface area contributed by atoms with E-state index in [4.69, 9.17) is 4.74 Å². The molecule has 1 amide bonds. The quantitative estimate of drug-likeness (QED) is 0.0520. The fourth-order valence-electron chi connectivity index (χ4n) is 5.09. The summed E-state index contributed by atoms with van der Waals surface area (Å²) in [5.74, 6) is -1.68. The van der Waals surface area contributed by atoms with Crippen LogP contribution in [0.2, 0.25) is 0 Å². The summed E-state index contributed by atoms with van der Waals surface area (Å²) in [6.07, 6.45) is 20.1. The summed E-state index contributed by atoms with van der Waals surface area (Å²) in [7, 11) is 3.38. The van der Waals surface area contributed by atoms with Crippen LogP contribution in [0.4, 0.5) is 0 Å². The van der Waals surface area contributed by atoms with Crippen molar-refractivity contribution in [2.24, 2.45) is 29.6 Å². The predicted molar refractivity (Wildman–Crippen MR) is 192 cm³/mol. The average Bonchev–Trinajstić information content (AvgIpc) is 2.95. The van der Waals surface area contributed by atoms with Gasteiger partial charge < -0.3 is 10.1 Å². The first-order valence-electron chi connectivity index (χ1n) is 15.8. The summed E-state index contributed by atoms with van der Waals surface area (Å²) in [4.78, 5) is 50.1. The van der Waals surface area contributed by atoms with Gasteiger partial charge in [-0.15, -0.1) is 0 Å². The molecule has 1 N–H and O–H groups in total. The second-order valence-corrected chi connectivity index (χ2v) is 16.2. The zero-order valence-electron chi connectivity index (χ0n) is 29.1. The van der Waals surface area contributed by atoms with Crippen molar-refractivity contribution in [1.29, 1.82) is 0 Å². The van der Waals surface area contributed by atoms with Gasteiger partial charge in [0.25, 0.3) is 0 Å². The highest BCUT2D eigenvalue weighted by molar-refractivity contribution is 8.77. The van der Waals surface area contributed by atoms with Crippen LogP contribution >= 0.6 is 21.6 Å². The van der Waals surface area contributed by atoms with Crippen molar-refractivity contribution >= 4 is 45.0 Å². The number of hydrogen-bond acceptors (Lipinski definition) is 7. The van der Waals surface area contributed by atoms with Gasteiger partial charge >= 0.3 is 5.97 Å². The highest BCUT2D eigenvalue weighted by atomic mass is 33.1. The SMILES string of the molecule is CSSC(C)(C)CNC(=O)/C=C(\C)CC(C)C(=O)[C@H](C)C(=O)[C@H](C)/C=C(C)/C=C/CC(C)/C=C(C)\C=C\[C@@H]1OC(=O)C=CC1C. The highest BCUT2D eigenvalue weighted by Gasteiger charge is 2.28. The molecule has 1 aliphatic heterocycles. The number of carbonyl (C=O) groups excluding carboxylic acids is 4. The lowest BCUT2D eigenvalue weighted by Crippen LogP contribution is -2.35.